The second-order valence-corrected chi connectivity index (χ2v) is 6.55. The van der Waals surface area contributed by atoms with Crippen LogP contribution in [-0.2, 0) is 15.0 Å². The maximum absolute atomic E-state index is 13.0. The van der Waals surface area contributed by atoms with Crippen LogP contribution in [0.5, 0.6) is 0 Å². The van der Waals surface area contributed by atoms with E-state index in [4.69, 9.17) is 0 Å². The molecular weight excluding hydrogens is 277 g/mol. The fourth-order valence-corrected chi connectivity index (χ4v) is 3.56. The lowest BCUT2D eigenvalue weighted by molar-refractivity contribution is -0.115. The van der Waals surface area contributed by atoms with Gasteiger partial charge in [0.05, 0.1) is 10.9 Å². The Hall–Kier alpha value is -1.08. The topological polar surface area (TPSA) is 63.2 Å². The monoisotopic (exact) mass is 289 g/mol. The highest BCUT2D eigenvalue weighted by Gasteiger charge is 2.25. The van der Waals surface area contributed by atoms with Crippen LogP contribution in [0.25, 0.3) is 0 Å². The molecule has 1 atom stereocenters. The average molecular weight is 289 g/mol. The Bertz CT molecular complexity index is 553. The van der Waals surface area contributed by atoms with Gasteiger partial charge >= 0.3 is 10.2 Å². The zero-order chi connectivity index (χ0) is 13.2. The molecule has 0 aromatic heterocycles. The van der Waals surface area contributed by atoms with E-state index in [9.17, 15) is 17.1 Å². The fourth-order valence-electron chi connectivity index (χ4n) is 1.78. The van der Waals surface area contributed by atoms with Crippen molar-refractivity contribution in [1.82, 2.24) is 0 Å². The van der Waals surface area contributed by atoms with E-state index < -0.39 is 15.1 Å². The van der Waals surface area contributed by atoms with Crippen molar-refractivity contribution in [2.24, 2.45) is 0 Å². The number of para-hydroxylation sites is 1. The molecule has 1 fully saturated rings. The summed E-state index contributed by atoms with van der Waals surface area (Å²) in [5, 5.41) is 2.30. The Morgan fingerprint density at radius 3 is 2.72 bits per heavy atom. The summed E-state index contributed by atoms with van der Waals surface area (Å²) in [5.74, 6) is 0.648. The number of hydrogen-bond acceptors (Lipinski definition) is 4. The summed E-state index contributed by atoms with van der Waals surface area (Å²) in [7, 11) is -4.82. The van der Waals surface area contributed by atoms with E-state index in [1.807, 2.05) is 0 Å². The molecule has 18 heavy (non-hydrogen) atoms. The number of halogens is 1. The summed E-state index contributed by atoms with van der Waals surface area (Å²) in [6, 6.07) is 5.47. The zero-order valence-corrected chi connectivity index (χ0v) is 11.1. The van der Waals surface area contributed by atoms with Gasteiger partial charge in [-0.1, -0.05) is 12.1 Å². The minimum atomic E-state index is -4.82. The van der Waals surface area contributed by atoms with Crippen molar-refractivity contribution in [2.75, 3.05) is 11.1 Å². The van der Waals surface area contributed by atoms with Gasteiger partial charge < -0.3 is 5.32 Å². The first-order chi connectivity index (χ1) is 8.48. The molecule has 1 N–H and O–H groups in total. The smallest absolute Gasteiger partial charge is 0.324 e. The molecule has 1 unspecified atom stereocenters. The Morgan fingerprint density at radius 2 is 2.11 bits per heavy atom. The van der Waals surface area contributed by atoms with Gasteiger partial charge in [0.15, 0.2) is 0 Å². The standard InChI is InChI=1S/C11H12FNO3S2/c12-18(15,16)10-6-2-1-4-8(10)13-11(14)9-5-3-7-17-9/h1-2,4,6,9H,3,5,7H2,(H,13,14). The van der Waals surface area contributed by atoms with E-state index in [1.165, 1.54) is 23.9 Å². The number of hydrogen-bond donors (Lipinski definition) is 1. The van der Waals surface area contributed by atoms with Gasteiger partial charge in [-0.05, 0) is 30.7 Å². The summed E-state index contributed by atoms with van der Waals surface area (Å²) < 4.78 is 34.9. The van der Waals surface area contributed by atoms with E-state index in [1.54, 1.807) is 6.07 Å². The number of thioether (sulfide) groups is 1. The van der Waals surface area contributed by atoms with E-state index >= 15 is 0 Å². The van der Waals surface area contributed by atoms with Gasteiger partial charge in [0, 0.05) is 0 Å². The third-order valence-electron chi connectivity index (χ3n) is 2.63. The first-order valence-corrected chi connectivity index (χ1v) is 7.88. The van der Waals surface area contributed by atoms with Crippen molar-refractivity contribution in [2.45, 2.75) is 23.0 Å². The van der Waals surface area contributed by atoms with Gasteiger partial charge in [0.1, 0.15) is 4.90 Å². The highest BCUT2D eigenvalue weighted by Crippen LogP contribution is 2.29. The quantitative estimate of drug-likeness (QED) is 0.866. The molecule has 1 aliphatic rings. The molecule has 0 bridgehead atoms. The summed E-state index contributed by atoms with van der Waals surface area (Å²) in [4.78, 5) is 11.3. The molecule has 2 rings (SSSR count). The molecule has 0 spiro atoms. The third kappa shape index (κ3) is 3.02. The second kappa shape index (κ2) is 5.27. The summed E-state index contributed by atoms with van der Waals surface area (Å²) in [6.07, 6.45) is 1.73. The lowest BCUT2D eigenvalue weighted by Crippen LogP contribution is -2.23. The predicted molar refractivity (Wildman–Crippen MR) is 68.8 cm³/mol. The maximum Gasteiger partial charge on any atom is 0.334 e. The third-order valence-corrected chi connectivity index (χ3v) is 4.89. The number of carbonyl (C=O) groups is 1. The molecule has 1 aromatic carbocycles. The zero-order valence-electron chi connectivity index (χ0n) is 9.43. The highest BCUT2D eigenvalue weighted by atomic mass is 32.3. The normalized spacial score (nSPS) is 19.7. The van der Waals surface area contributed by atoms with Crippen LogP contribution in [0.15, 0.2) is 29.2 Å². The van der Waals surface area contributed by atoms with Crippen molar-refractivity contribution in [1.29, 1.82) is 0 Å². The molecule has 1 amide bonds. The highest BCUT2D eigenvalue weighted by molar-refractivity contribution is 8.00. The van der Waals surface area contributed by atoms with Crippen LogP contribution in [-0.4, -0.2) is 25.3 Å². The summed E-state index contributed by atoms with van der Waals surface area (Å²) in [5.41, 5.74) is -0.00231. The SMILES string of the molecule is O=C(Nc1ccccc1S(=O)(=O)F)C1CCCS1. The molecule has 0 radical (unpaired) electrons. The van der Waals surface area contributed by atoms with Crippen molar-refractivity contribution < 1.29 is 17.1 Å². The number of rotatable bonds is 3. The molecule has 98 valence electrons. The molecular formula is C11H12FNO3S2. The average Bonchev–Trinajstić information content (AvgIpc) is 2.81. The van der Waals surface area contributed by atoms with Crippen molar-refractivity contribution in [3.63, 3.8) is 0 Å². The van der Waals surface area contributed by atoms with Crippen molar-refractivity contribution in [3.05, 3.63) is 24.3 Å². The van der Waals surface area contributed by atoms with E-state index in [-0.39, 0.29) is 16.8 Å². The van der Waals surface area contributed by atoms with Crippen LogP contribution in [0, 0.1) is 0 Å². The van der Waals surface area contributed by atoms with E-state index in [0.717, 1.165) is 24.7 Å². The Balaban J connectivity index is 2.21. The molecule has 1 aromatic rings. The summed E-state index contributed by atoms with van der Waals surface area (Å²) >= 11 is 1.53. The van der Waals surface area contributed by atoms with Gasteiger partial charge in [-0.3, -0.25) is 4.79 Å². The lowest BCUT2D eigenvalue weighted by Gasteiger charge is -2.11. The van der Waals surface area contributed by atoms with Gasteiger partial charge in [-0.2, -0.15) is 8.42 Å². The van der Waals surface area contributed by atoms with Crippen molar-refractivity contribution >= 4 is 33.6 Å². The molecule has 1 heterocycles. The molecule has 0 saturated carbocycles. The molecule has 1 saturated heterocycles. The van der Waals surface area contributed by atoms with Crippen LogP contribution in [0.4, 0.5) is 9.57 Å². The van der Waals surface area contributed by atoms with Gasteiger partial charge in [0.25, 0.3) is 0 Å². The van der Waals surface area contributed by atoms with E-state index in [2.05, 4.69) is 5.32 Å². The van der Waals surface area contributed by atoms with Crippen LogP contribution < -0.4 is 5.32 Å². The van der Waals surface area contributed by atoms with E-state index in [0.29, 0.717) is 0 Å². The molecule has 7 heteroatoms. The fraction of sp³-hybridized carbons (Fsp3) is 0.364. The molecule has 1 aliphatic heterocycles. The Morgan fingerprint density at radius 1 is 1.39 bits per heavy atom. The lowest BCUT2D eigenvalue weighted by atomic mass is 10.2. The summed E-state index contributed by atoms with van der Waals surface area (Å²) in [6.45, 7) is 0. The number of benzene rings is 1. The van der Waals surface area contributed by atoms with Crippen molar-refractivity contribution in [3.8, 4) is 0 Å². The van der Waals surface area contributed by atoms with Gasteiger partial charge in [0.2, 0.25) is 5.91 Å². The molecule has 0 aliphatic carbocycles. The maximum atomic E-state index is 13.0. The predicted octanol–water partition coefficient (Wildman–Crippen LogP) is 2.18. The largest absolute Gasteiger partial charge is 0.334 e. The number of amides is 1. The second-order valence-electron chi connectivity index (χ2n) is 3.92. The van der Waals surface area contributed by atoms with Crippen LogP contribution in [0.2, 0.25) is 0 Å². The Labute approximate surface area is 109 Å². The minimum absolute atomic E-state index is 0.00231. The van der Waals surface area contributed by atoms with Gasteiger partial charge in [-0.25, -0.2) is 0 Å². The number of nitrogens with one attached hydrogen (secondary N) is 1. The van der Waals surface area contributed by atoms with Crippen LogP contribution in [0.1, 0.15) is 12.8 Å². The van der Waals surface area contributed by atoms with Crippen LogP contribution >= 0.6 is 11.8 Å². The van der Waals surface area contributed by atoms with Crippen LogP contribution in [0.3, 0.4) is 0 Å². The number of anilines is 1. The first-order valence-electron chi connectivity index (χ1n) is 5.44. The molecule has 4 nitrogen and oxygen atoms in total. The minimum Gasteiger partial charge on any atom is -0.324 e. The first kappa shape index (κ1) is 13.4. The van der Waals surface area contributed by atoms with Gasteiger partial charge in [-0.15, -0.1) is 15.6 Å². The Kier molecular flexibility index (Phi) is 3.91. The number of carbonyl (C=O) groups excluding carboxylic acids is 1.